The van der Waals surface area contributed by atoms with Crippen LogP contribution in [0.4, 0.5) is 0 Å². The molecule has 1 nitrogen and oxygen atoms in total. The largest absolute Gasteiger partial charge is 0.789 e. The van der Waals surface area contributed by atoms with E-state index in [1.165, 1.54) is 33.4 Å². The molecule has 0 bridgehead atoms. The predicted molar refractivity (Wildman–Crippen MR) is 122 cm³/mol. The van der Waals surface area contributed by atoms with Gasteiger partial charge < -0.3 is 55.5 Å². The Bertz CT molecular complexity index is 922. The third kappa shape index (κ3) is 5.43. The second-order valence-electron chi connectivity index (χ2n) is 6.07. The molecule has 144 valence electrons. The van der Waals surface area contributed by atoms with Gasteiger partial charge in [0.2, 0.25) is 0 Å². The Morgan fingerprint density at radius 3 is 2.41 bits per heavy atom. The first-order valence-electron chi connectivity index (χ1n) is 8.28. The van der Waals surface area contributed by atoms with E-state index in [4.69, 9.17) is 50.5 Å². The fourth-order valence-corrected chi connectivity index (χ4v) is 3.54. The number of H-pyrrole nitrogens is 1. The van der Waals surface area contributed by atoms with Gasteiger partial charge in [-0.25, -0.2) is 10.8 Å². The number of aromatic amines is 1. The number of rotatable bonds is 2. The van der Waals surface area contributed by atoms with Crippen molar-refractivity contribution in [1.29, 1.82) is 0 Å². The molecule has 1 heterocycles. The molecule has 0 unspecified atom stereocenters. The number of aromatic nitrogens is 1. The van der Waals surface area contributed by atoms with Crippen molar-refractivity contribution in [1.82, 2.24) is 4.98 Å². The third-order valence-corrected chi connectivity index (χ3v) is 5.85. The Kier molecular flexibility index (Phi) is 8.52. The summed E-state index contributed by atoms with van der Waals surface area (Å²) in [4.78, 5) is 4.78. The van der Waals surface area contributed by atoms with Gasteiger partial charge in [-0.3, -0.25) is 0 Å². The van der Waals surface area contributed by atoms with E-state index in [0.717, 1.165) is 34.8 Å². The monoisotopic (exact) mass is 469 g/mol. The fraction of sp³-hybridized carbons (Fsp3) is 0.143. The number of fused-ring (bicyclic) bond motifs is 2. The summed E-state index contributed by atoms with van der Waals surface area (Å²) in [5.74, 6) is 0. The van der Waals surface area contributed by atoms with Crippen molar-refractivity contribution in [3.05, 3.63) is 85.8 Å². The van der Waals surface area contributed by atoms with Crippen molar-refractivity contribution >= 4 is 67.6 Å². The average Bonchev–Trinajstić information content (AvgIpc) is 3.31. The molecule has 2 aliphatic carbocycles. The molecule has 2 aliphatic rings. The number of hydrogen-bond acceptors (Lipinski definition) is 4. The summed E-state index contributed by atoms with van der Waals surface area (Å²) in [5, 5.41) is 3.11. The smallest absolute Gasteiger partial charge is 0.0414 e. The van der Waals surface area contributed by atoms with Crippen LogP contribution in [0.1, 0.15) is 34.5 Å². The summed E-state index contributed by atoms with van der Waals surface area (Å²) in [6.45, 7) is 0. The minimum atomic E-state index is 0. The van der Waals surface area contributed by atoms with Crippen LogP contribution in [0.2, 0.25) is 0 Å². The molecule has 2 aromatic rings. The summed E-state index contributed by atoms with van der Waals surface area (Å²) in [5.41, 5.74) is 7.29. The van der Waals surface area contributed by atoms with Gasteiger partial charge in [-0.15, -0.1) is 0 Å². The van der Waals surface area contributed by atoms with E-state index in [9.17, 15) is 0 Å². The second kappa shape index (κ2) is 10.4. The normalized spacial score (nSPS) is 15.0. The SMILES string of the molecule is [Ni].[S-]/C=C(\[S-])C1=Cc2ccccc2C1.[S-]/C=C(\[S-])c1cc2c([nH]1)C=CCC2. The zero-order chi connectivity index (χ0) is 18.5. The molecule has 0 fully saturated rings. The van der Waals surface area contributed by atoms with Gasteiger partial charge in [-0.05, 0) is 48.1 Å². The van der Waals surface area contributed by atoms with Crippen LogP contribution < -0.4 is 0 Å². The van der Waals surface area contributed by atoms with Gasteiger partial charge in [0.15, 0.2) is 0 Å². The van der Waals surface area contributed by atoms with Crippen molar-refractivity contribution in [3.63, 3.8) is 0 Å². The molecule has 4 rings (SSSR count). The van der Waals surface area contributed by atoms with Gasteiger partial charge in [0, 0.05) is 27.9 Å². The molecule has 1 aromatic heterocycles. The summed E-state index contributed by atoms with van der Waals surface area (Å²) in [6, 6.07) is 10.4. The summed E-state index contributed by atoms with van der Waals surface area (Å²) in [7, 11) is 0. The Balaban J connectivity index is 0.000000187. The van der Waals surface area contributed by atoms with Crippen LogP contribution in [0.5, 0.6) is 0 Å². The number of allylic oxidation sites excluding steroid dienone is 2. The van der Waals surface area contributed by atoms with E-state index < -0.39 is 0 Å². The minimum absolute atomic E-state index is 0. The van der Waals surface area contributed by atoms with Gasteiger partial charge in [-0.1, -0.05) is 42.0 Å². The summed E-state index contributed by atoms with van der Waals surface area (Å²) >= 11 is 19.8. The Hall–Kier alpha value is -1.17. The van der Waals surface area contributed by atoms with Crippen molar-refractivity contribution < 1.29 is 16.5 Å². The number of nitrogens with one attached hydrogen (secondary N) is 1. The molecule has 0 radical (unpaired) electrons. The van der Waals surface area contributed by atoms with Crippen LogP contribution in [0, 0.1) is 0 Å². The molecule has 0 saturated carbocycles. The minimum Gasteiger partial charge on any atom is -0.789 e. The molecule has 0 amide bonds. The summed E-state index contributed by atoms with van der Waals surface area (Å²) in [6.07, 6.45) is 9.55. The average molecular weight is 470 g/mol. The van der Waals surface area contributed by atoms with Gasteiger partial charge in [0.1, 0.15) is 0 Å². The first-order valence-corrected chi connectivity index (χ1v) is 10.0. The zero-order valence-corrected chi connectivity index (χ0v) is 18.6. The van der Waals surface area contributed by atoms with Crippen molar-refractivity contribution in [3.8, 4) is 0 Å². The quantitative estimate of drug-likeness (QED) is 0.495. The fourth-order valence-electron chi connectivity index (χ4n) is 3.02. The molecule has 6 heteroatoms. The maximum absolute atomic E-state index is 5.13. The van der Waals surface area contributed by atoms with Gasteiger partial charge in [0.05, 0.1) is 0 Å². The van der Waals surface area contributed by atoms with Crippen molar-refractivity contribution in [2.45, 2.75) is 19.3 Å². The van der Waals surface area contributed by atoms with Gasteiger partial charge >= 0.3 is 0 Å². The van der Waals surface area contributed by atoms with Crippen LogP contribution in [-0.4, -0.2) is 4.98 Å². The van der Waals surface area contributed by atoms with Crippen molar-refractivity contribution in [2.24, 2.45) is 0 Å². The molecule has 0 saturated heterocycles. The van der Waals surface area contributed by atoms with E-state index in [2.05, 4.69) is 47.5 Å². The predicted octanol–water partition coefficient (Wildman–Crippen LogP) is 4.93. The summed E-state index contributed by atoms with van der Waals surface area (Å²) < 4.78 is 0. The maximum Gasteiger partial charge on any atom is 0.0414 e. The van der Waals surface area contributed by atoms with Crippen LogP contribution in [0.25, 0.3) is 17.1 Å². The molecule has 1 aromatic carbocycles. The molecule has 1 N–H and O–H groups in total. The topological polar surface area (TPSA) is 15.8 Å². The van der Waals surface area contributed by atoms with Crippen LogP contribution in [-0.2, 0) is 79.8 Å². The van der Waals surface area contributed by atoms with E-state index in [1.54, 1.807) is 5.41 Å². The van der Waals surface area contributed by atoms with Crippen LogP contribution in [0.15, 0.2) is 57.7 Å². The number of aryl methyl sites for hydroxylation is 1. The van der Waals surface area contributed by atoms with Gasteiger partial charge in [-0.2, -0.15) is 9.81 Å². The first kappa shape index (κ1) is 22.1. The van der Waals surface area contributed by atoms with Gasteiger partial charge in [0.25, 0.3) is 0 Å². The molecule has 0 atom stereocenters. The van der Waals surface area contributed by atoms with Crippen molar-refractivity contribution in [2.75, 3.05) is 0 Å². The van der Waals surface area contributed by atoms with E-state index in [1.807, 2.05) is 6.07 Å². The first-order chi connectivity index (χ1) is 12.6. The Morgan fingerprint density at radius 1 is 1.00 bits per heavy atom. The number of hydrogen-bond donors (Lipinski definition) is 1. The molecule has 27 heavy (non-hydrogen) atoms. The van der Waals surface area contributed by atoms with E-state index >= 15 is 0 Å². The van der Waals surface area contributed by atoms with Crippen LogP contribution in [0.3, 0.4) is 0 Å². The Labute approximate surface area is 193 Å². The Morgan fingerprint density at radius 2 is 1.74 bits per heavy atom. The zero-order valence-electron chi connectivity index (χ0n) is 14.3. The molecular formula is C21H17NNiS4-4. The van der Waals surface area contributed by atoms with Crippen LogP contribution >= 0.6 is 0 Å². The number of benzene rings is 1. The molecular weight excluding hydrogens is 453 g/mol. The third-order valence-electron chi connectivity index (χ3n) is 4.36. The standard InChI is InChI=1S/C11H10S2.C10H11NS2.Ni/c12-7-11(13)10-5-8-3-1-2-4-9(8)6-10;12-6-10(13)9-5-7-3-1-2-4-8(7)11-9;/h1-5,7,12-13H,6H2;2,4-6,11-13H,1,3H2;/p-4/b11-7-;10-6-;. The second-order valence-corrected chi connectivity index (χ2v) is 7.42. The molecule has 0 spiro atoms. The van der Waals surface area contributed by atoms with E-state index in [-0.39, 0.29) is 16.5 Å². The van der Waals surface area contributed by atoms with E-state index in [0.29, 0.717) is 0 Å². The maximum atomic E-state index is 5.13. The molecule has 0 aliphatic heterocycles.